The molecule has 0 radical (unpaired) electrons. The molecule has 2 atom stereocenters. The van der Waals surface area contributed by atoms with Crippen LogP contribution in [0.5, 0.6) is 0 Å². The number of hydrogen-bond acceptors (Lipinski definition) is 3. The lowest BCUT2D eigenvalue weighted by Gasteiger charge is -2.43. The van der Waals surface area contributed by atoms with Gasteiger partial charge in [-0.25, -0.2) is 0 Å². The Kier molecular flexibility index (Phi) is 7.15. The lowest BCUT2D eigenvalue weighted by molar-refractivity contribution is -0.0198. The van der Waals surface area contributed by atoms with Crippen molar-refractivity contribution in [3.8, 4) is 0 Å². The van der Waals surface area contributed by atoms with Crippen LogP contribution in [0, 0.1) is 11.3 Å². The van der Waals surface area contributed by atoms with Crippen LogP contribution >= 0.6 is 0 Å². The highest BCUT2D eigenvalue weighted by atomic mass is 16.5. The molecule has 0 bridgehead atoms. The minimum atomic E-state index is 0.196. The van der Waals surface area contributed by atoms with Crippen molar-refractivity contribution in [1.29, 1.82) is 0 Å². The first-order chi connectivity index (χ1) is 9.75. The van der Waals surface area contributed by atoms with Gasteiger partial charge in [-0.15, -0.1) is 0 Å². The summed E-state index contributed by atoms with van der Waals surface area (Å²) in [5.41, 5.74) is 0.577. The van der Waals surface area contributed by atoms with Gasteiger partial charge >= 0.3 is 0 Å². The molecule has 3 nitrogen and oxygen atoms in total. The molecule has 2 unspecified atom stereocenters. The second-order valence-electron chi connectivity index (χ2n) is 8.09. The van der Waals surface area contributed by atoms with Crippen molar-refractivity contribution < 1.29 is 4.74 Å². The van der Waals surface area contributed by atoms with Gasteiger partial charge in [-0.1, -0.05) is 20.8 Å². The number of methoxy groups -OCH3 is 1. The maximum Gasteiger partial charge on any atom is 0.0724 e. The zero-order valence-corrected chi connectivity index (χ0v) is 15.5. The topological polar surface area (TPSA) is 24.5 Å². The Labute approximate surface area is 132 Å². The molecule has 0 saturated carbocycles. The fourth-order valence-corrected chi connectivity index (χ4v) is 3.25. The van der Waals surface area contributed by atoms with Crippen LogP contribution in [-0.2, 0) is 4.74 Å². The molecule has 1 aliphatic heterocycles. The van der Waals surface area contributed by atoms with Crippen molar-refractivity contribution >= 4 is 0 Å². The maximum atomic E-state index is 5.67. The van der Waals surface area contributed by atoms with E-state index >= 15 is 0 Å². The molecule has 1 saturated heterocycles. The summed E-state index contributed by atoms with van der Waals surface area (Å²) < 4.78 is 5.67. The monoisotopic (exact) mass is 298 g/mol. The van der Waals surface area contributed by atoms with Crippen LogP contribution in [0.4, 0.5) is 0 Å². The molecule has 21 heavy (non-hydrogen) atoms. The van der Waals surface area contributed by atoms with E-state index in [1.54, 1.807) is 0 Å². The molecule has 0 aromatic heterocycles. The normalized spacial score (nSPS) is 25.3. The third kappa shape index (κ3) is 5.88. The predicted molar refractivity (Wildman–Crippen MR) is 91.8 cm³/mol. The van der Waals surface area contributed by atoms with Crippen molar-refractivity contribution in [3.05, 3.63) is 0 Å². The summed E-state index contributed by atoms with van der Waals surface area (Å²) in [6, 6.07) is 0. The Hall–Kier alpha value is -0.120. The predicted octanol–water partition coefficient (Wildman–Crippen LogP) is 3.54. The molecule has 0 aromatic carbocycles. The van der Waals surface area contributed by atoms with Gasteiger partial charge in [0.25, 0.3) is 0 Å². The van der Waals surface area contributed by atoms with Gasteiger partial charge in [0.1, 0.15) is 0 Å². The number of nitrogens with zero attached hydrogens (tertiary/aromatic N) is 1. The SMILES string of the molecule is CCC(CC)(CNC(C)(C)C)CN1CCC(C)C(OC)C1. The fraction of sp³-hybridized carbons (Fsp3) is 1.00. The van der Waals surface area contributed by atoms with E-state index in [4.69, 9.17) is 4.74 Å². The van der Waals surface area contributed by atoms with Gasteiger partial charge in [-0.05, 0) is 57.9 Å². The quantitative estimate of drug-likeness (QED) is 0.778. The van der Waals surface area contributed by atoms with Crippen molar-refractivity contribution in [2.45, 2.75) is 72.4 Å². The van der Waals surface area contributed by atoms with E-state index < -0.39 is 0 Å². The molecule has 0 amide bonds. The van der Waals surface area contributed by atoms with E-state index in [2.05, 4.69) is 51.8 Å². The van der Waals surface area contributed by atoms with Crippen molar-refractivity contribution in [2.75, 3.05) is 33.3 Å². The van der Waals surface area contributed by atoms with Gasteiger partial charge in [-0.3, -0.25) is 0 Å². The second kappa shape index (κ2) is 7.94. The number of nitrogens with one attached hydrogen (secondary N) is 1. The van der Waals surface area contributed by atoms with E-state index in [0.29, 0.717) is 17.4 Å². The third-order valence-corrected chi connectivity index (χ3v) is 5.33. The highest BCUT2D eigenvalue weighted by Gasteiger charge is 2.33. The van der Waals surface area contributed by atoms with Crippen molar-refractivity contribution in [3.63, 3.8) is 0 Å². The van der Waals surface area contributed by atoms with Gasteiger partial charge < -0.3 is 15.0 Å². The van der Waals surface area contributed by atoms with Gasteiger partial charge in [0, 0.05) is 32.3 Å². The van der Waals surface area contributed by atoms with E-state index in [0.717, 1.165) is 13.1 Å². The van der Waals surface area contributed by atoms with E-state index in [-0.39, 0.29) is 5.54 Å². The smallest absolute Gasteiger partial charge is 0.0724 e. The largest absolute Gasteiger partial charge is 0.380 e. The average molecular weight is 299 g/mol. The Balaban J connectivity index is 2.65. The molecule has 1 rings (SSSR count). The number of piperidine rings is 1. The molecule has 0 spiro atoms. The van der Waals surface area contributed by atoms with Gasteiger partial charge in [0.2, 0.25) is 0 Å². The zero-order chi connectivity index (χ0) is 16.1. The Morgan fingerprint density at radius 3 is 2.29 bits per heavy atom. The highest BCUT2D eigenvalue weighted by molar-refractivity contribution is 4.88. The van der Waals surface area contributed by atoms with E-state index in [1.165, 1.54) is 32.4 Å². The van der Waals surface area contributed by atoms with Crippen LogP contribution in [0.1, 0.15) is 60.8 Å². The van der Waals surface area contributed by atoms with Crippen LogP contribution in [0.3, 0.4) is 0 Å². The molecule has 0 aromatic rings. The van der Waals surface area contributed by atoms with Crippen LogP contribution in [0.2, 0.25) is 0 Å². The van der Waals surface area contributed by atoms with Crippen molar-refractivity contribution in [1.82, 2.24) is 10.2 Å². The maximum absolute atomic E-state index is 5.67. The minimum Gasteiger partial charge on any atom is -0.380 e. The molecule has 0 aliphatic carbocycles. The molecular formula is C18H38N2O. The number of hydrogen-bond donors (Lipinski definition) is 1. The summed E-state index contributed by atoms with van der Waals surface area (Å²) in [6.45, 7) is 18.4. The van der Waals surface area contributed by atoms with Gasteiger partial charge in [0.15, 0.2) is 0 Å². The van der Waals surface area contributed by atoms with Crippen molar-refractivity contribution in [2.24, 2.45) is 11.3 Å². The molecule has 1 heterocycles. The summed E-state index contributed by atoms with van der Waals surface area (Å²) in [7, 11) is 1.86. The van der Waals surface area contributed by atoms with E-state index in [9.17, 15) is 0 Å². The first-order valence-corrected chi connectivity index (χ1v) is 8.75. The second-order valence-corrected chi connectivity index (χ2v) is 8.09. The lowest BCUT2D eigenvalue weighted by atomic mass is 9.80. The highest BCUT2D eigenvalue weighted by Crippen LogP contribution is 2.30. The minimum absolute atomic E-state index is 0.196. The van der Waals surface area contributed by atoms with Crippen LogP contribution in [0.25, 0.3) is 0 Å². The van der Waals surface area contributed by atoms with Crippen LogP contribution in [-0.4, -0.2) is 49.8 Å². The lowest BCUT2D eigenvalue weighted by Crippen LogP contribution is -2.52. The molecule has 3 heteroatoms. The zero-order valence-electron chi connectivity index (χ0n) is 15.5. The van der Waals surface area contributed by atoms with Crippen LogP contribution in [0.15, 0.2) is 0 Å². The number of likely N-dealkylation sites (tertiary alicyclic amines) is 1. The van der Waals surface area contributed by atoms with Gasteiger partial charge in [0.05, 0.1) is 6.10 Å². The van der Waals surface area contributed by atoms with Crippen LogP contribution < -0.4 is 5.32 Å². The standard InChI is InChI=1S/C18H38N2O/c1-8-18(9-2,13-19-17(4,5)6)14-20-11-10-15(3)16(12-20)21-7/h15-16,19H,8-14H2,1-7H3. The summed E-state index contributed by atoms with van der Waals surface area (Å²) in [5.74, 6) is 0.691. The summed E-state index contributed by atoms with van der Waals surface area (Å²) in [5, 5.41) is 3.73. The molecule has 1 N–H and O–H groups in total. The van der Waals surface area contributed by atoms with Gasteiger partial charge in [-0.2, -0.15) is 0 Å². The number of rotatable bonds is 7. The summed E-state index contributed by atoms with van der Waals surface area (Å²) >= 11 is 0. The Bertz CT molecular complexity index is 294. The average Bonchev–Trinajstić information content (AvgIpc) is 2.44. The first-order valence-electron chi connectivity index (χ1n) is 8.75. The Morgan fingerprint density at radius 1 is 1.19 bits per heavy atom. The molecule has 1 aliphatic rings. The molecule has 1 fully saturated rings. The number of ether oxygens (including phenoxy) is 1. The molecular weight excluding hydrogens is 260 g/mol. The Morgan fingerprint density at radius 2 is 1.81 bits per heavy atom. The summed E-state index contributed by atoms with van der Waals surface area (Å²) in [6.07, 6.45) is 4.13. The summed E-state index contributed by atoms with van der Waals surface area (Å²) in [4.78, 5) is 2.63. The fourth-order valence-electron chi connectivity index (χ4n) is 3.25. The van der Waals surface area contributed by atoms with E-state index in [1.807, 2.05) is 7.11 Å². The molecule has 126 valence electrons. The first kappa shape index (κ1) is 18.9. The third-order valence-electron chi connectivity index (χ3n) is 5.33.